The van der Waals surface area contributed by atoms with Gasteiger partial charge in [-0.15, -0.1) is 0 Å². The van der Waals surface area contributed by atoms with Gasteiger partial charge in [-0.2, -0.15) is 0 Å². The Kier molecular flexibility index (Phi) is 5.93. The number of benzene rings is 1. The molecule has 1 amide bonds. The van der Waals surface area contributed by atoms with Crippen LogP contribution in [0.3, 0.4) is 0 Å². The second-order valence-electron chi connectivity index (χ2n) is 4.39. The van der Waals surface area contributed by atoms with E-state index in [-0.39, 0.29) is 18.3 Å². The highest BCUT2D eigenvalue weighted by atomic mass is 16.5. The number of ether oxygens (including phenoxy) is 1. The molecule has 112 valence electrons. The molecule has 2 N–H and O–H groups in total. The summed E-state index contributed by atoms with van der Waals surface area (Å²) in [7, 11) is 0. The van der Waals surface area contributed by atoms with E-state index < -0.39 is 0 Å². The number of amides is 1. The smallest absolute Gasteiger partial charge is 0.289 e. The van der Waals surface area contributed by atoms with Gasteiger partial charge >= 0.3 is 0 Å². The lowest BCUT2D eigenvalue weighted by Crippen LogP contribution is -2.25. The molecule has 0 spiro atoms. The minimum absolute atomic E-state index is 0.00663. The molecule has 0 aliphatic rings. The molecule has 0 aliphatic heterocycles. The molecule has 0 saturated carbocycles. The van der Waals surface area contributed by atoms with Gasteiger partial charge in [0.05, 0.1) is 13.2 Å². The van der Waals surface area contributed by atoms with Crippen LogP contribution in [0.2, 0.25) is 0 Å². The number of aliphatic hydroxyl groups excluding tert-OH is 1. The molecule has 0 unspecified atom stereocenters. The average Bonchev–Trinajstić information content (AvgIpc) is 3.01. The van der Waals surface area contributed by atoms with Crippen LogP contribution in [0.15, 0.2) is 40.9 Å². The molecule has 6 nitrogen and oxygen atoms in total. The molecule has 2 aromatic rings. The molecule has 2 rings (SSSR count). The Morgan fingerprint density at radius 1 is 1.29 bits per heavy atom. The van der Waals surface area contributed by atoms with E-state index >= 15 is 0 Å². The van der Waals surface area contributed by atoms with Crippen LogP contribution in [0.4, 0.5) is 0 Å². The van der Waals surface area contributed by atoms with E-state index in [1.54, 1.807) is 6.07 Å². The first kappa shape index (κ1) is 15.2. The third kappa shape index (κ3) is 4.70. The number of rotatable bonds is 8. The van der Waals surface area contributed by atoms with E-state index in [1.165, 1.54) is 0 Å². The lowest BCUT2D eigenvalue weighted by Gasteiger charge is -2.03. The van der Waals surface area contributed by atoms with Gasteiger partial charge in [0.1, 0.15) is 5.69 Å². The van der Waals surface area contributed by atoms with Crippen molar-refractivity contribution in [2.45, 2.75) is 6.42 Å². The number of hydrogen-bond donors (Lipinski definition) is 2. The molecule has 0 aliphatic carbocycles. The van der Waals surface area contributed by atoms with Crippen LogP contribution in [0.25, 0.3) is 11.3 Å². The molecule has 1 aromatic heterocycles. The number of nitrogens with one attached hydrogen (secondary N) is 1. The van der Waals surface area contributed by atoms with E-state index in [0.29, 0.717) is 31.9 Å². The van der Waals surface area contributed by atoms with Crippen LogP contribution in [0.1, 0.15) is 17.0 Å². The Hall–Kier alpha value is -2.18. The van der Waals surface area contributed by atoms with E-state index in [9.17, 15) is 4.79 Å². The van der Waals surface area contributed by atoms with Crippen molar-refractivity contribution >= 4 is 5.91 Å². The standard InChI is InChI=1S/C15H18N2O4/c18-8-10-20-9-4-7-16-15(19)14-11-13(17-21-14)12-5-2-1-3-6-12/h1-3,5-6,11,18H,4,7-10H2,(H,16,19). The first-order valence-electron chi connectivity index (χ1n) is 6.80. The first-order valence-corrected chi connectivity index (χ1v) is 6.80. The zero-order valence-electron chi connectivity index (χ0n) is 11.6. The number of aromatic nitrogens is 1. The Morgan fingerprint density at radius 2 is 2.10 bits per heavy atom. The molecule has 0 radical (unpaired) electrons. The quantitative estimate of drug-likeness (QED) is 0.719. The molecule has 0 saturated heterocycles. The monoisotopic (exact) mass is 290 g/mol. The minimum Gasteiger partial charge on any atom is -0.394 e. The van der Waals surface area contributed by atoms with E-state index in [0.717, 1.165) is 5.56 Å². The van der Waals surface area contributed by atoms with Gasteiger partial charge in [-0.3, -0.25) is 4.79 Å². The Balaban J connectivity index is 1.80. The van der Waals surface area contributed by atoms with Crippen LogP contribution in [0.5, 0.6) is 0 Å². The van der Waals surface area contributed by atoms with Gasteiger partial charge in [0.25, 0.3) is 5.91 Å². The van der Waals surface area contributed by atoms with Gasteiger partial charge in [-0.1, -0.05) is 35.5 Å². The number of carbonyl (C=O) groups excluding carboxylic acids is 1. The summed E-state index contributed by atoms with van der Waals surface area (Å²) >= 11 is 0. The second-order valence-corrected chi connectivity index (χ2v) is 4.39. The molecule has 21 heavy (non-hydrogen) atoms. The van der Waals surface area contributed by atoms with Crippen LogP contribution >= 0.6 is 0 Å². The van der Waals surface area contributed by atoms with Gasteiger partial charge in [0.2, 0.25) is 5.76 Å². The molecular formula is C15H18N2O4. The van der Waals surface area contributed by atoms with E-state index in [4.69, 9.17) is 14.4 Å². The molecule has 6 heteroatoms. The fourth-order valence-corrected chi connectivity index (χ4v) is 1.76. The Labute approximate surface area is 122 Å². The summed E-state index contributed by atoms with van der Waals surface area (Å²) < 4.78 is 10.1. The fourth-order valence-electron chi connectivity index (χ4n) is 1.76. The maximum absolute atomic E-state index is 11.9. The zero-order chi connectivity index (χ0) is 14.9. The predicted octanol–water partition coefficient (Wildman–Crippen LogP) is 1.47. The molecule has 0 fully saturated rings. The Morgan fingerprint density at radius 3 is 2.86 bits per heavy atom. The van der Waals surface area contributed by atoms with Crippen molar-refractivity contribution in [1.29, 1.82) is 0 Å². The van der Waals surface area contributed by atoms with Crippen molar-refractivity contribution in [2.75, 3.05) is 26.4 Å². The summed E-state index contributed by atoms with van der Waals surface area (Å²) in [5, 5.41) is 15.2. The van der Waals surface area contributed by atoms with E-state index in [2.05, 4.69) is 10.5 Å². The second kappa shape index (κ2) is 8.18. The maximum Gasteiger partial charge on any atom is 0.289 e. The number of aliphatic hydroxyl groups is 1. The highest BCUT2D eigenvalue weighted by Gasteiger charge is 2.13. The molecule has 1 heterocycles. The first-order chi connectivity index (χ1) is 10.3. The lowest BCUT2D eigenvalue weighted by molar-refractivity contribution is 0.0851. The van der Waals surface area contributed by atoms with Gasteiger partial charge in [0.15, 0.2) is 0 Å². The number of nitrogens with zero attached hydrogens (tertiary/aromatic N) is 1. The summed E-state index contributed by atoms with van der Waals surface area (Å²) in [5.41, 5.74) is 1.53. The SMILES string of the molecule is O=C(NCCCOCCO)c1cc(-c2ccccc2)no1. The van der Waals surface area contributed by atoms with Gasteiger partial charge < -0.3 is 19.7 Å². The molecule has 1 aromatic carbocycles. The Bertz CT molecular complexity index is 554. The van der Waals surface area contributed by atoms with Gasteiger partial charge in [-0.25, -0.2) is 0 Å². The maximum atomic E-state index is 11.9. The predicted molar refractivity (Wildman–Crippen MR) is 76.8 cm³/mol. The third-order valence-electron chi connectivity index (χ3n) is 2.79. The van der Waals surface area contributed by atoms with Crippen molar-refractivity contribution in [3.05, 3.63) is 42.2 Å². The van der Waals surface area contributed by atoms with Gasteiger partial charge in [0, 0.05) is 24.8 Å². The summed E-state index contributed by atoms with van der Waals surface area (Å²) in [4.78, 5) is 11.9. The largest absolute Gasteiger partial charge is 0.394 e. The molecular weight excluding hydrogens is 272 g/mol. The summed E-state index contributed by atoms with van der Waals surface area (Å²) in [6.07, 6.45) is 0.672. The highest BCUT2D eigenvalue weighted by Crippen LogP contribution is 2.18. The molecule has 0 bridgehead atoms. The van der Waals surface area contributed by atoms with Crippen molar-refractivity contribution in [3.8, 4) is 11.3 Å². The van der Waals surface area contributed by atoms with Crippen LogP contribution < -0.4 is 5.32 Å². The van der Waals surface area contributed by atoms with Crippen molar-refractivity contribution in [3.63, 3.8) is 0 Å². The van der Waals surface area contributed by atoms with Crippen LogP contribution in [-0.2, 0) is 4.74 Å². The summed E-state index contributed by atoms with van der Waals surface area (Å²) in [5.74, 6) is -0.114. The summed E-state index contributed by atoms with van der Waals surface area (Å²) in [6, 6.07) is 11.1. The van der Waals surface area contributed by atoms with Gasteiger partial charge in [-0.05, 0) is 6.42 Å². The average molecular weight is 290 g/mol. The normalized spacial score (nSPS) is 10.5. The van der Waals surface area contributed by atoms with Crippen LogP contribution in [-0.4, -0.2) is 42.5 Å². The number of carbonyl (C=O) groups is 1. The number of hydrogen-bond acceptors (Lipinski definition) is 5. The fraction of sp³-hybridized carbons (Fsp3) is 0.333. The topological polar surface area (TPSA) is 84.6 Å². The molecule has 0 atom stereocenters. The van der Waals surface area contributed by atoms with E-state index in [1.807, 2.05) is 30.3 Å². The van der Waals surface area contributed by atoms with Crippen LogP contribution in [0, 0.1) is 0 Å². The van der Waals surface area contributed by atoms with Crippen molar-refractivity contribution in [1.82, 2.24) is 10.5 Å². The highest BCUT2D eigenvalue weighted by molar-refractivity contribution is 5.92. The summed E-state index contributed by atoms with van der Waals surface area (Å²) in [6.45, 7) is 1.29. The van der Waals surface area contributed by atoms with Crippen molar-refractivity contribution in [2.24, 2.45) is 0 Å². The third-order valence-corrected chi connectivity index (χ3v) is 2.79. The minimum atomic E-state index is -0.299. The lowest BCUT2D eigenvalue weighted by atomic mass is 10.1. The van der Waals surface area contributed by atoms with Crippen molar-refractivity contribution < 1.29 is 19.2 Å². The zero-order valence-corrected chi connectivity index (χ0v) is 11.6.